The molecule has 1 aliphatic heterocycles. The van der Waals surface area contributed by atoms with Crippen molar-refractivity contribution in [2.75, 3.05) is 19.7 Å². The van der Waals surface area contributed by atoms with Crippen molar-refractivity contribution in [3.8, 4) is 0 Å². The molecule has 2 unspecified atom stereocenters. The summed E-state index contributed by atoms with van der Waals surface area (Å²) in [5, 5.41) is 0. The lowest BCUT2D eigenvalue weighted by Crippen LogP contribution is -2.47. The maximum atomic E-state index is 12.3. The second-order valence-electron chi connectivity index (χ2n) is 6.26. The van der Waals surface area contributed by atoms with Crippen LogP contribution in [0.2, 0.25) is 0 Å². The number of hydrogen-bond donors (Lipinski definition) is 0. The van der Waals surface area contributed by atoms with Gasteiger partial charge >= 0.3 is 5.97 Å². The van der Waals surface area contributed by atoms with Crippen molar-refractivity contribution in [2.24, 2.45) is 11.3 Å². The number of rotatable bonds is 4. The molecule has 2 bridgehead atoms. The fourth-order valence-electron chi connectivity index (χ4n) is 3.89. The molecule has 0 spiro atoms. The largest absolute Gasteiger partial charge is 0.466 e. The van der Waals surface area contributed by atoms with E-state index in [1.807, 2.05) is 13.0 Å². The number of likely N-dealkylation sites (tertiary alicyclic amines) is 1. The molecule has 1 aromatic rings. The lowest BCUT2D eigenvalue weighted by atomic mass is 9.82. The van der Waals surface area contributed by atoms with Gasteiger partial charge in [0.2, 0.25) is 0 Å². The molecule has 1 heterocycles. The SMILES string of the molecule is CCOC(=O)C12CCC(CN(Cc3ccccc3)C1)C2. The molecule has 1 saturated carbocycles. The van der Waals surface area contributed by atoms with Gasteiger partial charge in [-0.2, -0.15) is 0 Å². The van der Waals surface area contributed by atoms with E-state index in [1.54, 1.807) is 0 Å². The normalized spacial score (nSPS) is 29.4. The van der Waals surface area contributed by atoms with Gasteiger partial charge in [-0.3, -0.25) is 9.69 Å². The molecular formula is C17H23NO2. The van der Waals surface area contributed by atoms with E-state index in [1.165, 1.54) is 12.0 Å². The topological polar surface area (TPSA) is 29.5 Å². The van der Waals surface area contributed by atoms with E-state index in [2.05, 4.69) is 29.2 Å². The summed E-state index contributed by atoms with van der Waals surface area (Å²) >= 11 is 0. The Balaban J connectivity index is 1.71. The number of carbonyl (C=O) groups excluding carboxylic acids is 1. The first kappa shape index (κ1) is 13.6. The molecule has 0 aromatic heterocycles. The Hall–Kier alpha value is -1.35. The van der Waals surface area contributed by atoms with Crippen LogP contribution in [0, 0.1) is 11.3 Å². The minimum absolute atomic E-state index is 0.0280. The van der Waals surface area contributed by atoms with Gasteiger partial charge in [0.15, 0.2) is 0 Å². The first-order valence-electron chi connectivity index (χ1n) is 7.65. The van der Waals surface area contributed by atoms with Crippen LogP contribution in [0.3, 0.4) is 0 Å². The zero-order valence-electron chi connectivity index (χ0n) is 12.2. The van der Waals surface area contributed by atoms with Crippen molar-refractivity contribution in [1.82, 2.24) is 4.90 Å². The lowest BCUT2D eigenvalue weighted by Gasteiger charge is -2.38. The summed E-state index contributed by atoms with van der Waals surface area (Å²) in [6, 6.07) is 10.5. The first-order valence-corrected chi connectivity index (χ1v) is 7.65. The van der Waals surface area contributed by atoms with Crippen LogP contribution in [0.4, 0.5) is 0 Å². The summed E-state index contributed by atoms with van der Waals surface area (Å²) < 4.78 is 5.34. The van der Waals surface area contributed by atoms with Gasteiger partial charge in [-0.15, -0.1) is 0 Å². The van der Waals surface area contributed by atoms with Crippen molar-refractivity contribution in [1.29, 1.82) is 0 Å². The highest BCUT2D eigenvalue weighted by atomic mass is 16.5. The number of carbonyl (C=O) groups is 1. The van der Waals surface area contributed by atoms with Gasteiger partial charge in [0.1, 0.15) is 0 Å². The average Bonchev–Trinajstić information content (AvgIpc) is 2.77. The standard InChI is InChI=1S/C17H23NO2/c1-2-20-16(19)17-9-8-15(10-17)12-18(13-17)11-14-6-4-3-5-7-14/h3-7,15H,2,8-13H2,1H3. The molecule has 1 aliphatic carbocycles. The smallest absolute Gasteiger partial charge is 0.313 e. The summed E-state index contributed by atoms with van der Waals surface area (Å²) in [5.41, 5.74) is 1.10. The molecular weight excluding hydrogens is 250 g/mol. The third kappa shape index (κ3) is 2.59. The number of nitrogens with zero attached hydrogens (tertiary/aromatic N) is 1. The van der Waals surface area contributed by atoms with Crippen LogP contribution in [0.5, 0.6) is 0 Å². The van der Waals surface area contributed by atoms with E-state index >= 15 is 0 Å². The van der Waals surface area contributed by atoms with Gasteiger partial charge in [0.05, 0.1) is 12.0 Å². The predicted molar refractivity (Wildman–Crippen MR) is 78.1 cm³/mol. The molecule has 2 aliphatic rings. The van der Waals surface area contributed by atoms with Crippen molar-refractivity contribution in [3.63, 3.8) is 0 Å². The van der Waals surface area contributed by atoms with Crippen LogP contribution in [0.1, 0.15) is 31.7 Å². The predicted octanol–water partition coefficient (Wildman–Crippen LogP) is 2.85. The van der Waals surface area contributed by atoms with Gasteiger partial charge in [-0.25, -0.2) is 0 Å². The molecule has 2 atom stereocenters. The Bertz CT molecular complexity index is 473. The highest BCUT2D eigenvalue weighted by Crippen LogP contribution is 2.47. The molecule has 2 fully saturated rings. The lowest BCUT2D eigenvalue weighted by molar-refractivity contribution is -0.158. The van der Waals surface area contributed by atoms with Crippen LogP contribution in [0.15, 0.2) is 30.3 Å². The molecule has 3 heteroatoms. The van der Waals surface area contributed by atoms with E-state index in [9.17, 15) is 4.79 Å². The van der Waals surface area contributed by atoms with Gasteiger partial charge in [-0.1, -0.05) is 30.3 Å². The summed E-state index contributed by atoms with van der Waals surface area (Å²) in [4.78, 5) is 14.8. The zero-order chi connectivity index (χ0) is 14.0. The number of hydrogen-bond acceptors (Lipinski definition) is 3. The number of ether oxygens (including phenoxy) is 1. The first-order chi connectivity index (χ1) is 9.72. The van der Waals surface area contributed by atoms with Crippen LogP contribution in [-0.2, 0) is 16.1 Å². The Labute approximate surface area is 120 Å². The Morgan fingerprint density at radius 1 is 1.40 bits per heavy atom. The van der Waals surface area contributed by atoms with Gasteiger partial charge in [-0.05, 0) is 37.7 Å². The number of benzene rings is 1. The minimum atomic E-state index is -0.228. The maximum absolute atomic E-state index is 12.3. The van der Waals surface area contributed by atoms with Crippen LogP contribution in [-0.4, -0.2) is 30.6 Å². The Morgan fingerprint density at radius 3 is 2.95 bits per heavy atom. The van der Waals surface area contributed by atoms with E-state index in [0.29, 0.717) is 12.5 Å². The van der Waals surface area contributed by atoms with Gasteiger partial charge in [0, 0.05) is 19.6 Å². The van der Waals surface area contributed by atoms with E-state index in [0.717, 1.165) is 32.5 Å². The van der Waals surface area contributed by atoms with Crippen LogP contribution < -0.4 is 0 Å². The van der Waals surface area contributed by atoms with E-state index in [4.69, 9.17) is 4.74 Å². The second-order valence-corrected chi connectivity index (χ2v) is 6.26. The van der Waals surface area contributed by atoms with Crippen molar-refractivity contribution in [2.45, 2.75) is 32.7 Å². The number of fused-ring (bicyclic) bond motifs is 2. The Morgan fingerprint density at radius 2 is 2.20 bits per heavy atom. The molecule has 3 nitrogen and oxygen atoms in total. The molecule has 0 radical (unpaired) electrons. The van der Waals surface area contributed by atoms with Gasteiger partial charge < -0.3 is 4.74 Å². The van der Waals surface area contributed by atoms with Gasteiger partial charge in [0.25, 0.3) is 0 Å². The Kier molecular flexibility index (Phi) is 3.79. The highest BCUT2D eigenvalue weighted by Gasteiger charge is 2.50. The summed E-state index contributed by atoms with van der Waals surface area (Å²) in [5.74, 6) is 0.692. The molecule has 3 rings (SSSR count). The zero-order valence-corrected chi connectivity index (χ0v) is 12.2. The van der Waals surface area contributed by atoms with E-state index in [-0.39, 0.29) is 11.4 Å². The number of piperidine rings is 1. The molecule has 1 aromatic carbocycles. The second kappa shape index (κ2) is 5.57. The molecule has 108 valence electrons. The van der Waals surface area contributed by atoms with Crippen molar-refractivity contribution < 1.29 is 9.53 Å². The molecule has 0 amide bonds. The van der Waals surface area contributed by atoms with Crippen molar-refractivity contribution >= 4 is 5.97 Å². The fourth-order valence-corrected chi connectivity index (χ4v) is 3.89. The summed E-state index contributed by atoms with van der Waals surface area (Å²) in [6.07, 6.45) is 3.20. The van der Waals surface area contributed by atoms with Crippen LogP contribution >= 0.6 is 0 Å². The quantitative estimate of drug-likeness (QED) is 0.790. The highest BCUT2D eigenvalue weighted by molar-refractivity contribution is 5.77. The average molecular weight is 273 g/mol. The maximum Gasteiger partial charge on any atom is 0.313 e. The monoisotopic (exact) mass is 273 g/mol. The third-order valence-electron chi connectivity index (χ3n) is 4.71. The molecule has 0 N–H and O–H groups in total. The summed E-state index contributed by atoms with van der Waals surface area (Å²) in [6.45, 7) is 5.31. The number of esters is 1. The van der Waals surface area contributed by atoms with Crippen LogP contribution in [0.25, 0.3) is 0 Å². The third-order valence-corrected chi connectivity index (χ3v) is 4.71. The molecule has 20 heavy (non-hydrogen) atoms. The molecule has 1 saturated heterocycles. The van der Waals surface area contributed by atoms with E-state index < -0.39 is 0 Å². The van der Waals surface area contributed by atoms with Crippen molar-refractivity contribution in [3.05, 3.63) is 35.9 Å². The summed E-state index contributed by atoms with van der Waals surface area (Å²) in [7, 11) is 0. The fraction of sp³-hybridized carbons (Fsp3) is 0.588. The minimum Gasteiger partial charge on any atom is -0.466 e.